The van der Waals surface area contributed by atoms with Gasteiger partial charge < -0.3 is 9.88 Å². The van der Waals surface area contributed by atoms with E-state index in [1.54, 1.807) is 12.1 Å². The number of hydrogen-bond acceptors (Lipinski definition) is 2. The Balaban J connectivity index is 1.91. The van der Waals surface area contributed by atoms with Crippen molar-refractivity contribution >= 4 is 45.8 Å². The third-order valence-corrected chi connectivity index (χ3v) is 4.15. The normalized spacial score (nSPS) is 11.7. The van der Waals surface area contributed by atoms with Crippen LogP contribution in [-0.2, 0) is 17.5 Å². The van der Waals surface area contributed by atoms with E-state index in [4.69, 9.17) is 23.2 Å². The second-order valence-corrected chi connectivity index (χ2v) is 6.00. The number of anilines is 1. The predicted octanol–water partition coefficient (Wildman–Crippen LogP) is 5.00. The first-order chi connectivity index (χ1) is 11.8. The Hall–Kier alpha value is -2.25. The van der Waals surface area contributed by atoms with E-state index in [-0.39, 0.29) is 16.1 Å². The maximum atomic E-state index is 13.2. The molecular formula is C16H10Cl2F3N3O. The number of benzene rings is 2. The zero-order valence-electron chi connectivity index (χ0n) is 12.4. The molecule has 0 aliphatic heterocycles. The van der Waals surface area contributed by atoms with Gasteiger partial charge in [-0.25, -0.2) is 4.98 Å². The number of halogens is 5. The highest BCUT2D eigenvalue weighted by atomic mass is 35.5. The highest BCUT2D eigenvalue weighted by molar-refractivity contribution is 6.42. The van der Waals surface area contributed by atoms with Gasteiger partial charge in [-0.05, 0) is 30.3 Å². The zero-order chi connectivity index (χ0) is 18.2. The van der Waals surface area contributed by atoms with Gasteiger partial charge in [-0.1, -0.05) is 35.3 Å². The summed E-state index contributed by atoms with van der Waals surface area (Å²) in [5, 5.41) is 3.02. The molecule has 0 spiro atoms. The first-order valence-electron chi connectivity index (χ1n) is 7.03. The monoisotopic (exact) mass is 387 g/mol. The highest BCUT2D eigenvalue weighted by Crippen LogP contribution is 2.31. The second-order valence-electron chi connectivity index (χ2n) is 5.19. The summed E-state index contributed by atoms with van der Waals surface area (Å²) in [6.45, 7) is -0.546. The molecule has 1 amide bonds. The van der Waals surface area contributed by atoms with E-state index >= 15 is 0 Å². The number of para-hydroxylation sites is 2. The lowest BCUT2D eigenvalue weighted by molar-refractivity contribution is -0.147. The van der Waals surface area contributed by atoms with Gasteiger partial charge >= 0.3 is 6.18 Å². The number of aromatic nitrogens is 2. The molecule has 0 atom stereocenters. The Bertz CT molecular complexity index is 953. The second kappa shape index (κ2) is 6.57. The highest BCUT2D eigenvalue weighted by Gasteiger charge is 2.37. The van der Waals surface area contributed by atoms with Gasteiger partial charge in [0.25, 0.3) is 0 Å². The third-order valence-electron chi connectivity index (χ3n) is 3.41. The van der Waals surface area contributed by atoms with Crippen LogP contribution < -0.4 is 5.32 Å². The van der Waals surface area contributed by atoms with E-state index in [0.29, 0.717) is 10.7 Å². The molecule has 4 nitrogen and oxygen atoms in total. The summed E-state index contributed by atoms with van der Waals surface area (Å²) >= 11 is 11.6. The largest absolute Gasteiger partial charge is 0.449 e. The summed E-state index contributed by atoms with van der Waals surface area (Å²) in [4.78, 5) is 15.8. The maximum Gasteiger partial charge on any atom is 0.449 e. The summed E-state index contributed by atoms with van der Waals surface area (Å²) in [7, 11) is 0. The van der Waals surface area contributed by atoms with Crippen molar-refractivity contribution in [2.24, 2.45) is 0 Å². The van der Waals surface area contributed by atoms with Crippen molar-refractivity contribution in [3.05, 3.63) is 58.3 Å². The smallest absolute Gasteiger partial charge is 0.324 e. The van der Waals surface area contributed by atoms with E-state index in [0.717, 1.165) is 4.57 Å². The predicted molar refractivity (Wildman–Crippen MR) is 89.8 cm³/mol. The van der Waals surface area contributed by atoms with Crippen LogP contribution in [0.15, 0.2) is 42.5 Å². The quantitative estimate of drug-likeness (QED) is 0.687. The molecule has 0 aliphatic rings. The Morgan fingerprint density at radius 2 is 1.84 bits per heavy atom. The van der Waals surface area contributed by atoms with Crippen LogP contribution in [0.1, 0.15) is 5.82 Å². The van der Waals surface area contributed by atoms with Crippen LogP contribution in [0.5, 0.6) is 0 Å². The molecule has 0 bridgehead atoms. The van der Waals surface area contributed by atoms with Crippen LogP contribution in [0, 0.1) is 0 Å². The molecule has 0 saturated carbocycles. The summed E-state index contributed by atoms with van der Waals surface area (Å²) in [5.41, 5.74) is 0.716. The first kappa shape index (κ1) is 17.6. The van der Waals surface area contributed by atoms with Gasteiger partial charge in [-0.2, -0.15) is 13.2 Å². The number of amides is 1. The van der Waals surface area contributed by atoms with Gasteiger partial charge in [0.05, 0.1) is 21.1 Å². The van der Waals surface area contributed by atoms with E-state index < -0.39 is 24.5 Å². The van der Waals surface area contributed by atoms with Gasteiger partial charge in [-0.3, -0.25) is 4.79 Å². The summed E-state index contributed by atoms with van der Waals surface area (Å²) in [6.07, 6.45) is -4.68. The lowest BCUT2D eigenvalue weighted by Crippen LogP contribution is -2.23. The minimum absolute atomic E-state index is 0.164. The van der Waals surface area contributed by atoms with Crippen molar-refractivity contribution in [1.29, 1.82) is 0 Å². The molecule has 1 N–H and O–H groups in total. The van der Waals surface area contributed by atoms with Gasteiger partial charge in [-0.15, -0.1) is 0 Å². The van der Waals surface area contributed by atoms with Gasteiger partial charge in [0.1, 0.15) is 6.54 Å². The fourth-order valence-electron chi connectivity index (χ4n) is 2.37. The number of hydrogen-bond donors (Lipinski definition) is 1. The fraction of sp³-hybridized carbons (Fsp3) is 0.125. The van der Waals surface area contributed by atoms with Crippen molar-refractivity contribution in [1.82, 2.24) is 9.55 Å². The molecule has 25 heavy (non-hydrogen) atoms. The molecule has 0 aliphatic carbocycles. The van der Waals surface area contributed by atoms with Crippen LogP contribution in [0.4, 0.5) is 18.9 Å². The molecule has 0 unspecified atom stereocenters. The average Bonchev–Trinajstić information content (AvgIpc) is 2.90. The van der Waals surface area contributed by atoms with Gasteiger partial charge in [0.2, 0.25) is 11.7 Å². The van der Waals surface area contributed by atoms with Gasteiger partial charge in [0, 0.05) is 5.69 Å². The number of carbonyl (C=O) groups is 1. The topological polar surface area (TPSA) is 46.9 Å². The summed E-state index contributed by atoms with van der Waals surface area (Å²) in [5.74, 6) is -1.77. The van der Waals surface area contributed by atoms with Crippen molar-refractivity contribution in [2.75, 3.05) is 5.32 Å². The lowest BCUT2D eigenvalue weighted by atomic mass is 10.3. The molecular weight excluding hydrogens is 378 g/mol. The number of alkyl halides is 3. The molecule has 9 heteroatoms. The average molecular weight is 388 g/mol. The van der Waals surface area contributed by atoms with Crippen molar-refractivity contribution < 1.29 is 18.0 Å². The molecule has 0 fully saturated rings. The molecule has 0 radical (unpaired) electrons. The number of nitrogens with one attached hydrogen (secondary N) is 1. The van der Waals surface area contributed by atoms with E-state index in [9.17, 15) is 18.0 Å². The molecule has 3 aromatic rings. The van der Waals surface area contributed by atoms with Crippen molar-refractivity contribution in [3.63, 3.8) is 0 Å². The SMILES string of the molecule is O=C(Cn1c(C(F)(F)F)nc2ccccc21)Nc1ccc(Cl)c(Cl)c1. The number of fused-ring (bicyclic) bond motifs is 1. The minimum atomic E-state index is -4.68. The molecule has 1 heterocycles. The van der Waals surface area contributed by atoms with Gasteiger partial charge in [0.15, 0.2) is 0 Å². The zero-order valence-corrected chi connectivity index (χ0v) is 14.0. The third kappa shape index (κ3) is 3.72. The molecule has 3 rings (SSSR count). The standard InChI is InChI=1S/C16H10Cl2F3N3O/c17-10-6-5-9(7-11(10)18)22-14(25)8-24-13-4-2-1-3-12(13)23-15(24)16(19,20)21/h1-7H,8H2,(H,22,25). The van der Waals surface area contributed by atoms with Crippen LogP contribution >= 0.6 is 23.2 Å². The molecule has 130 valence electrons. The van der Waals surface area contributed by atoms with Crippen molar-refractivity contribution in [3.8, 4) is 0 Å². The summed E-state index contributed by atoms with van der Waals surface area (Å²) in [6, 6.07) is 10.5. The van der Waals surface area contributed by atoms with Crippen molar-refractivity contribution in [2.45, 2.75) is 12.7 Å². The van der Waals surface area contributed by atoms with E-state index in [1.807, 2.05) is 0 Å². The van der Waals surface area contributed by atoms with E-state index in [1.165, 1.54) is 30.3 Å². The molecule has 2 aromatic carbocycles. The Morgan fingerprint density at radius 3 is 2.52 bits per heavy atom. The molecule has 1 aromatic heterocycles. The Morgan fingerprint density at radius 1 is 1.12 bits per heavy atom. The molecule has 0 saturated heterocycles. The van der Waals surface area contributed by atoms with E-state index in [2.05, 4.69) is 10.3 Å². The minimum Gasteiger partial charge on any atom is -0.324 e. The summed E-state index contributed by atoms with van der Waals surface area (Å²) < 4.78 is 40.5. The van der Waals surface area contributed by atoms with Crippen LogP contribution in [0.2, 0.25) is 10.0 Å². The Labute approximate surface area is 150 Å². The number of imidazole rings is 1. The first-order valence-corrected chi connectivity index (χ1v) is 7.78. The number of nitrogens with zero attached hydrogens (tertiary/aromatic N) is 2. The maximum absolute atomic E-state index is 13.2. The van der Waals surface area contributed by atoms with Crippen LogP contribution in [0.25, 0.3) is 11.0 Å². The number of rotatable bonds is 3. The lowest BCUT2D eigenvalue weighted by Gasteiger charge is -2.12. The van der Waals surface area contributed by atoms with Crippen LogP contribution in [0.3, 0.4) is 0 Å². The van der Waals surface area contributed by atoms with Crippen LogP contribution in [-0.4, -0.2) is 15.5 Å². The Kier molecular flexibility index (Phi) is 4.62. The fourth-order valence-corrected chi connectivity index (χ4v) is 2.67. The number of carbonyl (C=O) groups excluding carboxylic acids is 1.